The fourth-order valence-electron chi connectivity index (χ4n) is 2.91. The lowest BCUT2D eigenvalue weighted by Gasteiger charge is -2.24. The first kappa shape index (κ1) is 13.9. The summed E-state index contributed by atoms with van der Waals surface area (Å²) < 4.78 is 0. The van der Waals surface area contributed by atoms with Gasteiger partial charge in [-0.05, 0) is 37.1 Å². The molecule has 0 saturated heterocycles. The maximum absolute atomic E-state index is 4.88. The summed E-state index contributed by atoms with van der Waals surface area (Å²) in [5, 5.41) is 3.55. The Balaban J connectivity index is 1.85. The van der Waals surface area contributed by atoms with Crippen LogP contribution >= 0.6 is 0 Å². The highest BCUT2D eigenvalue weighted by Gasteiger charge is 2.19. The quantitative estimate of drug-likeness (QED) is 0.589. The topological polar surface area (TPSA) is 24.4 Å². The van der Waals surface area contributed by atoms with Gasteiger partial charge >= 0.3 is 0 Å². The van der Waals surface area contributed by atoms with Crippen molar-refractivity contribution in [3.8, 4) is 0 Å². The van der Waals surface area contributed by atoms with E-state index in [0.717, 1.165) is 17.2 Å². The van der Waals surface area contributed by atoms with E-state index >= 15 is 0 Å². The van der Waals surface area contributed by atoms with Crippen LogP contribution in [0.2, 0.25) is 0 Å². The van der Waals surface area contributed by atoms with Crippen molar-refractivity contribution >= 4 is 17.2 Å². The summed E-state index contributed by atoms with van der Waals surface area (Å²) in [6.07, 6.45) is 6.47. The van der Waals surface area contributed by atoms with E-state index in [1.165, 1.54) is 32.1 Å². The maximum Gasteiger partial charge on any atom is 0.110 e. The summed E-state index contributed by atoms with van der Waals surface area (Å²) in [7, 11) is 0. The number of rotatable bonds is 3. The zero-order valence-electron chi connectivity index (χ0n) is 12.3. The average molecular weight is 278 g/mol. The first-order valence-electron chi connectivity index (χ1n) is 7.87. The van der Waals surface area contributed by atoms with Gasteiger partial charge in [0.1, 0.15) is 5.84 Å². The van der Waals surface area contributed by atoms with Gasteiger partial charge in [0.2, 0.25) is 0 Å². The summed E-state index contributed by atoms with van der Waals surface area (Å²) in [5.41, 5.74) is 2.15. The van der Waals surface area contributed by atoms with Gasteiger partial charge in [-0.25, -0.2) is 4.99 Å². The van der Waals surface area contributed by atoms with Crippen LogP contribution in [0.5, 0.6) is 0 Å². The van der Waals surface area contributed by atoms with Gasteiger partial charge in [0.05, 0.1) is 5.69 Å². The molecule has 0 aromatic heterocycles. The standard InChI is InChI=1S/C19H22N2/c1-4-10-16(11-5-1)19(20-17-12-6-2-7-13-17)21-18-14-8-3-9-15-18/h2-3,6-9,12-16H,1,4-5,10-11H2,(H,20,21). The molecular formula is C19H22N2. The third-order valence-electron chi connectivity index (χ3n) is 4.04. The second-order valence-electron chi connectivity index (χ2n) is 5.66. The normalized spacial score (nSPS) is 16.7. The van der Waals surface area contributed by atoms with Gasteiger partial charge in [-0.1, -0.05) is 55.7 Å². The van der Waals surface area contributed by atoms with Crippen LogP contribution < -0.4 is 5.32 Å². The molecular weight excluding hydrogens is 256 g/mol. The monoisotopic (exact) mass is 278 g/mol. The number of nitrogens with zero attached hydrogens (tertiary/aromatic N) is 1. The molecule has 3 rings (SSSR count). The van der Waals surface area contributed by atoms with Crippen LogP contribution in [0.1, 0.15) is 32.1 Å². The molecule has 1 saturated carbocycles. The van der Waals surface area contributed by atoms with Crippen molar-refractivity contribution in [3.05, 3.63) is 60.7 Å². The van der Waals surface area contributed by atoms with Crippen molar-refractivity contribution < 1.29 is 0 Å². The molecule has 0 amide bonds. The molecule has 2 aromatic rings. The van der Waals surface area contributed by atoms with Crippen LogP contribution in [0.3, 0.4) is 0 Å². The minimum atomic E-state index is 0.555. The molecule has 1 N–H and O–H groups in total. The minimum Gasteiger partial charge on any atom is -0.344 e. The summed E-state index contributed by atoms with van der Waals surface area (Å²) in [6.45, 7) is 0. The van der Waals surface area contributed by atoms with Crippen LogP contribution in [0.15, 0.2) is 65.7 Å². The first-order chi connectivity index (χ1) is 10.4. The number of amidine groups is 1. The Kier molecular flexibility index (Phi) is 4.67. The summed E-state index contributed by atoms with van der Waals surface area (Å²) in [4.78, 5) is 4.88. The van der Waals surface area contributed by atoms with Gasteiger partial charge in [-0.15, -0.1) is 0 Å². The third kappa shape index (κ3) is 3.94. The first-order valence-corrected chi connectivity index (χ1v) is 7.87. The molecule has 0 atom stereocenters. The van der Waals surface area contributed by atoms with Gasteiger partial charge in [0.15, 0.2) is 0 Å². The zero-order chi connectivity index (χ0) is 14.3. The molecule has 2 aromatic carbocycles. The van der Waals surface area contributed by atoms with Gasteiger partial charge in [0.25, 0.3) is 0 Å². The van der Waals surface area contributed by atoms with Crippen LogP contribution in [-0.4, -0.2) is 5.84 Å². The lowest BCUT2D eigenvalue weighted by Crippen LogP contribution is -2.25. The fourth-order valence-corrected chi connectivity index (χ4v) is 2.91. The highest BCUT2D eigenvalue weighted by molar-refractivity contribution is 5.98. The Labute approximate surface area is 126 Å². The van der Waals surface area contributed by atoms with E-state index in [2.05, 4.69) is 41.7 Å². The SMILES string of the molecule is c1ccc(N=C(Nc2ccccc2)C2CCCCC2)cc1. The lowest BCUT2D eigenvalue weighted by molar-refractivity contribution is 0.439. The highest BCUT2D eigenvalue weighted by Crippen LogP contribution is 2.27. The summed E-state index contributed by atoms with van der Waals surface area (Å²) in [5.74, 6) is 1.67. The Bertz CT molecular complexity index is 569. The van der Waals surface area contributed by atoms with Crippen molar-refractivity contribution in [2.75, 3.05) is 5.32 Å². The molecule has 108 valence electrons. The lowest BCUT2D eigenvalue weighted by atomic mass is 9.88. The van der Waals surface area contributed by atoms with Crippen LogP contribution in [0.4, 0.5) is 11.4 Å². The van der Waals surface area contributed by atoms with E-state index in [1.54, 1.807) is 0 Å². The third-order valence-corrected chi connectivity index (χ3v) is 4.04. The molecule has 1 aliphatic carbocycles. The van der Waals surface area contributed by atoms with Crippen LogP contribution in [-0.2, 0) is 0 Å². The number of aliphatic imine (C=N–C) groups is 1. The van der Waals surface area contributed by atoms with Crippen molar-refractivity contribution in [3.63, 3.8) is 0 Å². The smallest absolute Gasteiger partial charge is 0.110 e. The van der Waals surface area contributed by atoms with Gasteiger partial charge in [-0.3, -0.25) is 0 Å². The molecule has 0 spiro atoms. The second-order valence-corrected chi connectivity index (χ2v) is 5.66. The predicted molar refractivity (Wildman–Crippen MR) is 90.2 cm³/mol. The molecule has 0 bridgehead atoms. The number of para-hydroxylation sites is 2. The number of nitrogens with one attached hydrogen (secondary N) is 1. The van der Waals surface area contributed by atoms with Crippen molar-refractivity contribution in [2.45, 2.75) is 32.1 Å². The molecule has 2 nitrogen and oxygen atoms in total. The molecule has 1 fully saturated rings. The molecule has 21 heavy (non-hydrogen) atoms. The number of anilines is 1. The Morgan fingerprint density at radius 2 is 1.43 bits per heavy atom. The fraction of sp³-hybridized carbons (Fsp3) is 0.316. The van der Waals surface area contributed by atoms with Gasteiger partial charge in [-0.2, -0.15) is 0 Å². The van der Waals surface area contributed by atoms with Gasteiger partial charge < -0.3 is 5.32 Å². The Hall–Kier alpha value is -2.09. The van der Waals surface area contributed by atoms with Crippen molar-refractivity contribution in [1.29, 1.82) is 0 Å². The predicted octanol–water partition coefficient (Wildman–Crippen LogP) is 5.41. The summed E-state index contributed by atoms with van der Waals surface area (Å²) in [6, 6.07) is 20.6. The van der Waals surface area contributed by atoms with E-state index in [-0.39, 0.29) is 0 Å². The van der Waals surface area contributed by atoms with E-state index in [0.29, 0.717) is 5.92 Å². The number of benzene rings is 2. The largest absolute Gasteiger partial charge is 0.344 e. The van der Waals surface area contributed by atoms with Gasteiger partial charge in [0, 0.05) is 11.6 Å². The molecule has 0 radical (unpaired) electrons. The Morgan fingerprint density at radius 1 is 0.810 bits per heavy atom. The Morgan fingerprint density at radius 3 is 2.10 bits per heavy atom. The molecule has 1 aliphatic rings. The molecule has 0 heterocycles. The number of hydrogen-bond donors (Lipinski definition) is 1. The molecule has 2 heteroatoms. The van der Waals surface area contributed by atoms with Crippen molar-refractivity contribution in [2.24, 2.45) is 10.9 Å². The highest BCUT2D eigenvalue weighted by atomic mass is 15.0. The average Bonchev–Trinajstić information content (AvgIpc) is 2.57. The van der Waals surface area contributed by atoms with Crippen molar-refractivity contribution in [1.82, 2.24) is 0 Å². The van der Waals surface area contributed by atoms with Crippen LogP contribution in [0.25, 0.3) is 0 Å². The maximum atomic E-state index is 4.88. The zero-order valence-corrected chi connectivity index (χ0v) is 12.3. The minimum absolute atomic E-state index is 0.555. The van der Waals surface area contributed by atoms with E-state index < -0.39 is 0 Å². The van der Waals surface area contributed by atoms with E-state index in [1.807, 2.05) is 24.3 Å². The molecule has 0 unspecified atom stereocenters. The molecule has 0 aliphatic heterocycles. The van der Waals surface area contributed by atoms with E-state index in [4.69, 9.17) is 4.99 Å². The number of hydrogen-bond acceptors (Lipinski definition) is 1. The van der Waals surface area contributed by atoms with Crippen LogP contribution in [0, 0.1) is 5.92 Å². The summed E-state index contributed by atoms with van der Waals surface area (Å²) >= 11 is 0. The van der Waals surface area contributed by atoms with E-state index in [9.17, 15) is 0 Å². The second kappa shape index (κ2) is 7.07.